The normalized spacial score (nSPS) is 16.6. The van der Waals surface area contributed by atoms with Gasteiger partial charge in [-0.15, -0.1) is 0 Å². The molecule has 0 N–H and O–H groups in total. The standard InChI is InChI=1S/C15H18F2O/c1-10(2)18-13-9-8-12(14(16)15(13)17)11-6-4-3-5-7-11/h8-9,11H,1,3-7H2,2H3. The first-order chi connectivity index (χ1) is 8.59. The SMILES string of the molecule is C=C(C)Oc1ccc(C2CCCCC2)c(F)c1F. The quantitative estimate of drug-likeness (QED) is 0.693. The van der Waals surface area contributed by atoms with Crippen LogP contribution in [0, 0.1) is 11.6 Å². The molecule has 2 rings (SSSR count). The van der Waals surface area contributed by atoms with E-state index in [0.717, 1.165) is 25.7 Å². The summed E-state index contributed by atoms with van der Waals surface area (Å²) in [5.41, 5.74) is 0.487. The minimum absolute atomic E-state index is 0.0837. The molecule has 0 heterocycles. The maximum atomic E-state index is 14.0. The third-order valence-electron chi connectivity index (χ3n) is 3.41. The molecule has 0 radical (unpaired) electrons. The van der Waals surface area contributed by atoms with Crippen LogP contribution >= 0.6 is 0 Å². The first-order valence-corrected chi connectivity index (χ1v) is 6.41. The highest BCUT2D eigenvalue weighted by atomic mass is 19.2. The van der Waals surface area contributed by atoms with Crippen molar-refractivity contribution in [1.82, 2.24) is 0 Å². The van der Waals surface area contributed by atoms with Gasteiger partial charge in [0, 0.05) is 0 Å². The summed E-state index contributed by atoms with van der Waals surface area (Å²) in [7, 11) is 0. The van der Waals surface area contributed by atoms with Crippen molar-refractivity contribution in [3.05, 3.63) is 41.7 Å². The summed E-state index contributed by atoms with van der Waals surface area (Å²) in [5.74, 6) is -1.26. The molecule has 18 heavy (non-hydrogen) atoms. The van der Waals surface area contributed by atoms with Crippen molar-refractivity contribution in [2.24, 2.45) is 0 Å². The van der Waals surface area contributed by atoms with E-state index in [4.69, 9.17) is 4.74 Å². The van der Waals surface area contributed by atoms with E-state index in [1.807, 2.05) is 0 Å². The van der Waals surface area contributed by atoms with Gasteiger partial charge in [-0.3, -0.25) is 0 Å². The van der Waals surface area contributed by atoms with Gasteiger partial charge in [0.25, 0.3) is 0 Å². The van der Waals surface area contributed by atoms with Gasteiger partial charge < -0.3 is 4.74 Å². The van der Waals surface area contributed by atoms with E-state index in [1.54, 1.807) is 13.0 Å². The van der Waals surface area contributed by atoms with Crippen LogP contribution in [0.5, 0.6) is 5.75 Å². The lowest BCUT2D eigenvalue weighted by atomic mass is 9.84. The fourth-order valence-corrected chi connectivity index (χ4v) is 2.54. The van der Waals surface area contributed by atoms with Crippen LogP contribution in [0.3, 0.4) is 0 Å². The maximum absolute atomic E-state index is 14.0. The zero-order valence-corrected chi connectivity index (χ0v) is 10.6. The zero-order valence-electron chi connectivity index (χ0n) is 10.6. The molecule has 1 fully saturated rings. The predicted octanol–water partition coefficient (Wildman–Crippen LogP) is 4.92. The number of allylic oxidation sites excluding steroid dienone is 1. The second kappa shape index (κ2) is 5.51. The molecule has 1 aromatic carbocycles. The van der Waals surface area contributed by atoms with Crippen LogP contribution in [0.25, 0.3) is 0 Å². The van der Waals surface area contributed by atoms with Crippen LogP contribution in [0.2, 0.25) is 0 Å². The van der Waals surface area contributed by atoms with Gasteiger partial charge in [-0.25, -0.2) is 4.39 Å². The van der Waals surface area contributed by atoms with Crippen LogP contribution < -0.4 is 4.74 Å². The van der Waals surface area contributed by atoms with Gasteiger partial charge in [0.2, 0.25) is 5.82 Å². The average molecular weight is 252 g/mol. The number of hydrogen-bond acceptors (Lipinski definition) is 1. The Morgan fingerprint density at radius 3 is 2.44 bits per heavy atom. The maximum Gasteiger partial charge on any atom is 0.201 e. The first kappa shape index (κ1) is 13.1. The van der Waals surface area contributed by atoms with E-state index in [-0.39, 0.29) is 11.7 Å². The van der Waals surface area contributed by atoms with E-state index in [9.17, 15) is 8.78 Å². The fraction of sp³-hybridized carbons (Fsp3) is 0.467. The number of hydrogen-bond donors (Lipinski definition) is 0. The fourth-order valence-electron chi connectivity index (χ4n) is 2.54. The molecule has 1 aromatic rings. The molecule has 1 aliphatic carbocycles. The molecule has 0 atom stereocenters. The summed E-state index contributed by atoms with van der Waals surface area (Å²) in [4.78, 5) is 0. The third-order valence-corrected chi connectivity index (χ3v) is 3.41. The summed E-state index contributed by atoms with van der Waals surface area (Å²) in [5, 5.41) is 0. The van der Waals surface area contributed by atoms with E-state index >= 15 is 0 Å². The van der Waals surface area contributed by atoms with Gasteiger partial charge in [0.15, 0.2) is 11.6 Å². The molecule has 0 saturated heterocycles. The van der Waals surface area contributed by atoms with Gasteiger partial charge in [0.1, 0.15) is 0 Å². The molecule has 98 valence electrons. The van der Waals surface area contributed by atoms with Gasteiger partial charge in [-0.1, -0.05) is 31.9 Å². The largest absolute Gasteiger partial charge is 0.459 e. The van der Waals surface area contributed by atoms with Crippen molar-refractivity contribution in [2.45, 2.75) is 44.9 Å². The van der Waals surface area contributed by atoms with Gasteiger partial charge in [0.05, 0.1) is 5.76 Å². The molecular weight excluding hydrogens is 234 g/mol. The molecule has 1 saturated carbocycles. The molecule has 1 nitrogen and oxygen atoms in total. The van der Waals surface area contributed by atoms with Crippen LogP contribution in [0.15, 0.2) is 24.5 Å². The lowest BCUT2D eigenvalue weighted by Crippen LogP contribution is -2.08. The van der Waals surface area contributed by atoms with Crippen molar-refractivity contribution in [1.29, 1.82) is 0 Å². The monoisotopic (exact) mass is 252 g/mol. The summed E-state index contributed by atoms with van der Waals surface area (Å²) in [6, 6.07) is 3.14. The van der Waals surface area contributed by atoms with Crippen LogP contribution in [-0.4, -0.2) is 0 Å². The lowest BCUT2D eigenvalue weighted by molar-refractivity contribution is 0.373. The molecule has 0 bridgehead atoms. The molecule has 0 amide bonds. The summed E-state index contributed by atoms with van der Waals surface area (Å²) >= 11 is 0. The Bertz CT molecular complexity index is 448. The number of halogens is 2. The third kappa shape index (κ3) is 2.71. The second-order valence-electron chi connectivity index (χ2n) is 4.92. The number of ether oxygens (including phenoxy) is 1. The Morgan fingerprint density at radius 2 is 1.83 bits per heavy atom. The summed E-state index contributed by atoms with van der Waals surface area (Å²) in [6.07, 6.45) is 5.26. The van der Waals surface area contributed by atoms with Crippen LogP contribution in [0.4, 0.5) is 8.78 Å². The smallest absolute Gasteiger partial charge is 0.201 e. The summed E-state index contributed by atoms with van der Waals surface area (Å²) < 4.78 is 32.9. The molecule has 1 aliphatic rings. The van der Waals surface area contributed by atoms with Gasteiger partial charge in [-0.05, 0) is 37.3 Å². The molecular formula is C15H18F2O. The van der Waals surface area contributed by atoms with Crippen molar-refractivity contribution < 1.29 is 13.5 Å². The Labute approximate surface area is 106 Å². The van der Waals surface area contributed by atoms with Crippen LogP contribution in [-0.2, 0) is 0 Å². The minimum atomic E-state index is -0.902. The molecule has 0 aliphatic heterocycles. The van der Waals surface area contributed by atoms with Crippen molar-refractivity contribution >= 4 is 0 Å². The van der Waals surface area contributed by atoms with Crippen molar-refractivity contribution in [3.63, 3.8) is 0 Å². The van der Waals surface area contributed by atoms with Crippen LogP contribution in [0.1, 0.15) is 50.5 Å². The zero-order chi connectivity index (χ0) is 13.1. The van der Waals surface area contributed by atoms with Gasteiger partial charge >= 0.3 is 0 Å². The highest BCUT2D eigenvalue weighted by molar-refractivity contribution is 5.34. The number of rotatable bonds is 3. The predicted molar refractivity (Wildman–Crippen MR) is 67.6 cm³/mol. The van der Waals surface area contributed by atoms with Crippen molar-refractivity contribution in [2.75, 3.05) is 0 Å². The highest BCUT2D eigenvalue weighted by Gasteiger charge is 2.22. The Kier molecular flexibility index (Phi) is 4.00. The van der Waals surface area contributed by atoms with Crippen molar-refractivity contribution in [3.8, 4) is 5.75 Å². The van der Waals surface area contributed by atoms with Gasteiger partial charge in [-0.2, -0.15) is 4.39 Å². The molecule has 3 heteroatoms. The molecule has 0 unspecified atom stereocenters. The Balaban J connectivity index is 2.27. The number of benzene rings is 1. The van der Waals surface area contributed by atoms with E-state index in [2.05, 4.69) is 6.58 Å². The summed E-state index contributed by atoms with van der Waals surface area (Å²) in [6.45, 7) is 5.13. The highest BCUT2D eigenvalue weighted by Crippen LogP contribution is 2.36. The minimum Gasteiger partial charge on any atom is -0.459 e. The average Bonchev–Trinajstić information content (AvgIpc) is 2.36. The first-order valence-electron chi connectivity index (χ1n) is 6.41. The van der Waals surface area contributed by atoms with E-state index < -0.39 is 11.6 Å². The Hall–Kier alpha value is -1.38. The molecule has 0 spiro atoms. The Morgan fingerprint density at radius 1 is 1.17 bits per heavy atom. The van der Waals surface area contributed by atoms with E-state index in [1.165, 1.54) is 12.5 Å². The topological polar surface area (TPSA) is 9.23 Å². The van der Waals surface area contributed by atoms with E-state index in [0.29, 0.717) is 11.3 Å². The lowest BCUT2D eigenvalue weighted by Gasteiger charge is -2.22. The second-order valence-corrected chi connectivity index (χ2v) is 4.92. The molecule has 0 aromatic heterocycles.